The van der Waals surface area contributed by atoms with Gasteiger partial charge < -0.3 is 9.47 Å². The van der Waals surface area contributed by atoms with Gasteiger partial charge in [0, 0.05) is 10.7 Å². The van der Waals surface area contributed by atoms with Gasteiger partial charge in [-0.2, -0.15) is 0 Å². The van der Waals surface area contributed by atoms with Gasteiger partial charge in [-0.05, 0) is 58.7 Å². The van der Waals surface area contributed by atoms with Gasteiger partial charge in [0.25, 0.3) is 0 Å². The molecule has 0 atom stereocenters. The van der Waals surface area contributed by atoms with Crippen LogP contribution in [0.25, 0.3) is 0 Å². The van der Waals surface area contributed by atoms with Gasteiger partial charge in [-0.1, -0.05) is 6.92 Å². The fourth-order valence-electron chi connectivity index (χ4n) is 1.50. The molecule has 2 aromatic rings. The van der Waals surface area contributed by atoms with Gasteiger partial charge in [0.05, 0.1) is 12.3 Å². The van der Waals surface area contributed by atoms with Crippen LogP contribution in [0.15, 0.2) is 47.1 Å². The molecule has 4 heteroatoms. The molecule has 0 saturated heterocycles. The van der Waals surface area contributed by atoms with E-state index in [4.69, 9.17) is 9.47 Å². The van der Waals surface area contributed by atoms with Gasteiger partial charge in [-0.25, -0.2) is 0 Å². The zero-order valence-electron chi connectivity index (χ0n) is 10.8. The largest absolute Gasteiger partial charge is 0.494 e. The lowest BCUT2D eigenvalue weighted by molar-refractivity contribution is 0.297. The average molecular weight is 322 g/mol. The summed E-state index contributed by atoms with van der Waals surface area (Å²) in [6.07, 6.45) is 2.77. The Kier molecular flexibility index (Phi) is 5.21. The molecular formula is C15H16BrNO2. The Morgan fingerprint density at radius 3 is 2.26 bits per heavy atom. The van der Waals surface area contributed by atoms with Crippen LogP contribution in [0.4, 0.5) is 0 Å². The van der Waals surface area contributed by atoms with E-state index in [1.165, 1.54) is 0 Å². The zero-order chi connectivity index (χ0) is 13.5. The van der Waals surface area contributed by atoms with Crippen LogP contribution in [0.3, 0.4) is 0 Å². The van der Waals surface area contributed by atoms with Crippen molar-refractivity contribution >= 4 is 15.9 Å². The molecule has 2 rings (SSSR count). The van der Waals surface area contributed by atoms with Gasteiger partial charge >= 0.3 is 0 Å². The summed E-state index contributed by atoms with van der Waals surface area (Å²) in [5, 5.41) is 0. The molecule has 3 nitrogen and oxygen atoms in total. The van der Waals surface area contributed by atoms with E-state index >= 15 is 0 Å². The number of aromatic nitrogens is 1. The Balaban J connectivity index is 1.87. The van der Waals surface area contributed by atoms with Gasteiger partial charge in [0.15, 0.2) is 0 Å². The average Bonchev–Trinajstić information content (AvgIpc) is 2.46. The van der Waals surface area contributed by atoms with Crippen molar-refractivity contribution in [3.8, 4) is 11.5 Å². The molecule has 0 N–H and O–H groups in total. The predicted molar refractivity (Wildman–Crippen MR) is 78.5 cm³/mol. The molecule has 1 aromatic heterocycles. The summed E-state index contributed by atoms with van der Waals surface area (Å²) in [4.78, 5) is 4.25. The summed E-state index contributed by atoms with van der Waals surface area (Å²) in [5.74, 6) is 1.68. The standard InChI is InChI=1S/C15H16BrNO2/c1-2-9-18-14-5-7-15(8-6-14)19-11-13-4-3-12(16)10-17-13/h3-8,10H,2,9,11H2,1H3. The number of ether oxygens (including phenoxy) is 2. The Bertz CT molecular complexity index is 497. The quantitative estimate of drug-likeness (QED) is 0.798. The Hall–Kier alpha value is -1.55. The van der Waals surface area contributed by atoms with E-state index in [0.29, 0.717) is 6.61 Å². The maximum absolute atomic E-state index is 5.66. The molecule has 100 valence electrons. The fourth-order valence-corrected chi connectivity index (χ4v) is 1.74. The van der Waals surface area contributed by atoms with E-state index in [0.717, 1.165) is 34.7 Å². The first-order valence-corrected chi connectivity index (χ1v) is 7.03. The first-order valence-electron chi connectivity index (χ1n) is 6.24. The van der Waals surface area contributed by atoms with Crippen molar-refractivity contribution in [3.63, 3.8) is 0 Å². The van der Waals surface area contributed by atoms with Crippen LogP contribution in [-0.4, -0.2) is 11.6 Å². The first-order chi connectivity index (χ1) is 9.28. The zero-order valence-corrected chi connectivity index (χ0v) is 12.4. The highest BCUT2D eigenvalue weighted by molar-refractivity contribution is 9.10. The number of pyridine rings is 1. The molecule has 0 radical (unpaired) electrons. The number of nitrogens with zero attached hydrogens (tertiary/aromatic N) is 1. The molecule has 0 bridgehead atoms. The minimum absolute atomic E-state index is 0.461. The highest BCUT2D eigenvalue weighted by atomic mass is 79.9. The second kappa shape index (κ2) is 7.14. The van der Waals surface area contributed by atoms with Crippen LogP contribution in [0.1, 0.15) is 19.0 Å². The lowest BCUT2D eigenvalue weighted by atomic mass is 10.3. The summed E-state index contributed by atoms with van der Waals surface area (Å²) >= 11 is 3.35. The van der Waals surface area contributed by atoms with Crippen LogP contribution >= 0.6 is 15.9 Å². The molecule has 0 aliphatic carbocycles. The van der Waals surface area contributed by atoms with Crippen LogP contribution < -0.4 is 9.47 Å². The van der Waals surface area contributed by atoms with Crippen molar-refractivity contribution < 1.29 is 9.47 Å². The summed E-state index contributed by atoms with van der Waals surface area (Å²) in [5.41, 5.74) is 0.898. The van der Waals surface area contributed by atoms with Crippen LogP contribution in [0.5, 0.6) is 11.5 Å². The Labute approximate surface area is 121 Å². The van der Waals surface area contributed by atoms with Crippen molar-refractivity contribution in [1.29, 1.82) is 0 Å². The Morgan fingerprint density at radius 1 is 1.00 bits per heavy atom. The van der Waals surface area contributed by atoms with Crippen molar-refractivity contribution in [1.82, 2.24) is 4.98 Å². The smallest absolute Gasteiger partial charge is 0.130 e. The third-order valence-corrected chi connectivity index (χ3v) is 2.94. The van der Waals surface area contributed by atoms with Crippen molar-refractivity contribution in [2.75, 3.05) is 6.61 Å². The van der Waals surface area contributed by atoms with Crippen molar-refractivity contribution in [2.45, 2.75) is 20.0 Å². The third kappa shape index (κ3) is 4.56. The van der Waals surface area contributed by atoms with Crippen LogP contribution in [0, 0.1) is 0 Å². The van der Waals surface area contributed by atoms with E-state index in [-0.39, 0.29) is 0 Å². The topological polar surface area (TPSA) is 31.4 Å². The van der Waals surface area contributed by atoms with E-state index in [1.807, 2.05) is 36.4 Å². The third-order valence-electron chi connectivity index (χ3n) is 2.47. The van der Waals surface area contributed by atoms with Crippen LogP contribution in [-0.2, 0) is 6.61 Å². The molecule has 0 unspecified atom stereocenters. The molecule has 0 fully saturated rings. The van der Waals surface area contributed by atoms with Gasteiger partial charge in [0.2, 0.25) is 0 Å². The summed E-state index contributed by atoms with van der Waals surface area (Å²) in [6.45, 7) is 3.29. The molecule has 19 heavy (non-hydrogen) atoms. The normalized spacial score (nSPS) is 10.2. The van der Waals surface area contributed by atoms with Gasteiger partial charge in [-0.3, -0.25) is 4.98 Å². The molecule has 0 amide bonds. The molecular weight excluding hydrogens is 306 g/mol. The number of halogens is 1. The highest BCUT2D eigenvalue weighted by Crippen LogP contribution is 2.18. The minimum Gasteiger partial charge on any atom is -0.494 e. The highest BCUT2D eigenvalue weighted by Gasteiger charge is 1.98. The maximum Gasteiger partial charge on any atom is 0.130 e. The number of rotatable bonds is 6. The minimum atomic E-state index is 0.461. The van der Waals surface area contributed by atoms with Gasteiger partial charge in [-0.15, -0.1) is 0 Å². The second-order valence-corrected chi connectivity index (χ2v) is 4.99. The van der Waals surface area contributed by atoms with Crippen LogP contribution in [0.2, 0.25) is 0 Å². The lowest BCUT2D eigenvalue weighted by Gasteiger charge is -2.08. The lowest BCUT2D eigenvalue weighted by Crippen LogP contribution is -1.98. The van der Waals surface area contributed by atoms with Crippen molar-refractivity contribution in [3.05, 3.63) is 52.8 Å². The molecule has 1 aromatic carbocycles. The van der Waals surface area contributed by atoms with Gasteiger partial charge in [0.1, 0.15) is 18.1 Å². The summed E-state index contributed by atoms with van der Waals surface area (Å²) in [6, 6.07) is 11.5. The van der Waals surface area contributed by atoms with E-state index in [1.54, 1.807) is 6.20 Å². The van der Waals surface area contributed by atoms with E-state index in [2.05, 4.69) is 27.8 Å². The van der Waals surface area contributed by atoms with E-state index < -0.39 is 0 Å². The van der Waals surface area contributed by atoms with E-state index in [9.17, 15) is 0 Å². The monoisotopic (exact) mass is 321 g/mol. The molecule has 0 spiro atoms. The molecule has 1 heterocycles. The first kappa shape index (κ1) is 13.9. The molecule has 0 aliphatic rings. The maximum atomic E-state index is 5.66. The van der Waals surface area contributed by atoms with Crippen molar-refractivity contribution in [2.24, 2.45) is 0 Å². The summed E-state index contributed by atoms with van der Waals surface area (Å²) < 4.78 is 12.1. The summed E-state index contributed by atoms with van der Waals surface area (Å²) in [7, 11) is 0. The predicted octanol–water partition coefficient (Wildman–Crippen LogP) is 4.21. The second-order valence-electron chi connectivity index (χ2n) is 4.08. The molecule has 0 saturated carbocycles. The molecule has 0 aliphatic heterocycles. The number of hydrogen-bond acceptors (Lipinski definition) is 3. The fraction of sp³-hybridized carbons (Fsp3) is 0.267. The SMILES string of the molecule is CCCOc1ccc(OCc2ccc(Br)cn2)cc1. The number of benzene rings is 1. The number of hydrogen-bond donors (Lipinski definition) is 0. The Morgan fingerprint density at radius 2 is 1.68 bits per heavy atom.